The second-order valence-electron chi connectivity index (χ2n) is 4.24. The standard InChI is InChI=1S/C11H21N5O/c1-10(12)4-2-5-11(17)13-6-3-8-16-9-7-14-15-16/h7,9-10H,2-6,8,12H2,1H3,(H,13,17). The van der Waals surface area contributed by atoms with Crippen LogP contribution in [0.2, 0.25) is 0 Å². The molecule has 0 saturated heterocycles. The fourth-order valence-electron chi connectivity index (χ4n) is 1.49. The highest BCUT2D eigenvalue weighted by molar-refractivity contribution is 5.75. The summed E-state index contributed by atoms with van der Waals surface area (Å²) in [6, 6.07) is 0.176. The van der Waals surface area contributed by atoms with Gasteiger partial charge in [-0.25, -0.2) is 0 Å². The van der Waals surface area contributed by atoms with Gasteiger partial charge in [-0.2, -0.15) is 0 Å². The average molecular weight is 239 g/mol. The Kier molecular flexibility index (Phi) is 6.24. The maximum absolute atomic E-state index is 11.4. The molecular formula is C11H21N5O. The van der Waals surface area contributed by atoms with Gasteiger partial charge >= 0.3 is 0 Å². The zero-order chi connectivity index (χ0) is 12.5. The summed E-state index contributed by atoms with van der Waals surface area (Å²) < 4.78 is 1.75. The van der Waals surface area contributed by atoms with Gasteiger partial charge in [-0.3, -0.25) is 9.48 Å². The van der Waals surface area contributed by atoms with Crippen LogP contribution in [0.4, 0.5) is 0 Å². The Morgan fingerprint density at radius 3 is 3.00 bits per heavy atom. The van der Waals surface area contributed by atoms with E-state index in [2.05, 4.69) is 15.6 Å². The molecule has 0 bridgehead atoms. The maximum Gasteiger partial charge on any atom is 0.219 e. The number of amides is 1. The van der Waals surface area contributed by atoms with Gasteiger partial charge in [0.2, 0.25) is 5.91 Å². The molecule has 0 aliphatic heterocycles. The first kappa shape index (κ1) is 13.6. The van der Waals surface area contributed by atoms with Crippen molar-refractivity contribution in [2.75, 3.05) is 6.54 Å². The summed E-state index contributed by atoms with van der Waals surface area (Å²) in [6.45, 7) is 3.41. The fraction of sp³-hybridized carbons (Fsp3) is 0.727. The summed E-state index contributed by atoms with van der Waals surface area (Å²) in [5.74, 6) is 0.101. The lowest BCUT2D eigenvalue weighted by atomic mass is 10.1. The fourth-order valence-corrected chi connectivity index (χ4v) is 1.49. The lowest BCUT2D eigenvalue weighted by Crippen LogP contribution is -2.25. The van der Waals surface area contributed by atoms with Crippen LogP contribution < -0.4 is 11.1 Å². The van der Waals surface area contributed by atoms with Crippen LogP contribution in [0.1, 0.15) is 32.6 Å². The highest BCUT2D eigenvalue weighted by Crippen LogP contribution is 1.98. The molecule has 96 valence electrons. The Morgan fingerprint density at radius 2 is 2.35 bits per heavy atom. The topological polar surface area (TPSA) is 85.8 Å². The van der Waals surface area contributed by atoms with E-state index in [0.29, 0.717) is 13.0 Å². The van der Waals surface area contributed by atoms with Gasteiger partial charge in [-0.15, -0.1) is 5.10 Å². The van der Waals surface area contributed by atoms with Gasteiger partial charge in [0.05, 0.1) is 6.20 Å². The van der Waals surface area contributed by atoms with Crippen molar-refractivity contribution < 1.29 is 4.79 Å². The summed E-state index contributed by atoms with van der Waals surface area (Å²) in [5.41, 5.74) is 5.61. The van der Waals surface area contributed by atoms with E-state index in [1.165, 1.54) is 0 Å². The molecule has 1 atom stereocenters. The number of nitrogens with one attached hydrogen (secondary N) is 1. The molecule has 17 heavy (non-hydrogen) atoms. The van der Waals surface area contributed by atoms with Crippen LogP contribution >= 0.6 is 0 Å². The lowest BCUT2D eigenvalue weighted by molar-refractivity contribution is -0.121. The highest BCUT2D eigenvalue weighted by atomic mass is 16.1. The minimum Gasteiger partial charge on any atom is -0.356 e. The van der Waals surface area contributed by atoms with Gasteiger partial charge < -0.3 is 11.1 Å². The third kappa shape index (κ3) is 6.68. The summed E-state index contributed by atoms with van der Waals surface area (Å²) >= 11 is 0. The van der Waals surface area contributed by atoms with Crippen LogP contribution in [-0.2, 0) is 11.3 Å². The second kappa shape index (κ2) is 7.78. The molecule has 0 aromatic carbocycles. The van der Waals surface area contributed by atoms with Gasteiger partial charge in [0.1, 0.15) is 0 Å². The van der Waals surface area contributed by atoms with Crippen LogP contribution in [0.3, 0.4) is 0 Å². The Balaban J connectivity index is 1.97. The molecular weight excluding hydrogens is 218 g/mol. The van der Waals surface area contributed by atoms with E-state index in [1.807, 2.05) is 13.1 Å². The third-order valence-corrected chi connectivity index (χ3v) is 2.42. The maximum atomic E-state index is 11.4. The highest BCUT2D eigenvalue weighted by Gasteiger charge is 2.01. The smallest absolute Gasteiger partial charge is 0.219 e. The SMILES string of the molecule is CC(N)CCCC(=O)NCCCn1ccnn1. The van der Waals surface area contributed by atoms with Crippen LogP contribution in [0.15, 0.2) is 12.4 Å². The number of carbonyl (C=O) groups is 1. The number of rotatable bonds is 8. The van der Waals surface area contributed by atoms with E-state index in [4.69, 9.17) is 5.73 Å². The monoisotopic (exact) mass is 239 g/mol. The molecule has 0 saturated carbocycles. The zero-order valence-electron chi connectivity index (χ0n) is 10.3. The van der Waals surface area contributed by atoms with Crippen molar-refractivity contribution in [1.82, 2.24) is 20.3 Å². The number of hydrogen-bond donors (Lipinski definition) is 2. The van der Waals surface area contributed by atoms with Gasteiger partial charge in [0, 0.05) is 31.7 Å². The second-order valence-corrected chi connectivity index (χ2v) is 4.24. The van der Waals surface area contributed by atoms with E-state index < -0.39 is 0 Å². The number of aryl methyl sites for hydroxylation is 1. The van der Waals surface area contributed by atoms with Crippen molar-refractivity contribution in [1.29, 1.82) is 0 Å². The normalized spacial score (nSPS) is 12.4. The van der Waals surface area contributed by atoms with Crippen molar-refractivity contribution in [3.63, 3.8) is 0 Å². The van der Waals surface area contributed by atoms with Gasteiger partial charge in [-0.1, -0.05) is 5.21 Å². The first-order chi connectivity index (χ1) is 8.18. The summed E-state index contributed by atoms with van der Waals surface area (Å²) in [4.78, 5) is 11.4. The summed E-state index contributed by atoms with van der Waals surface area (Å²) in [5, 5.41) is 10.4. The van der Waals surface area contributed by atoms with E-state index in [9.17, 15) is 4.79 Å². The van der Waals surface area contributed by atoms with Gasteiger partial charge in [-0.05, 0) is 26.2 Å². The Hall–Kier alpha value is -1.43. The number of hydrogen-bond acceptors (Lipinski definition) is 4. The molecule has 0 radical (unpaired) electrons. The van der Waals surface area contributed by atoms with E-state index >= 15 is 0 Å². The largest absolute Gasteiger partial charge is 0.356 e. The molecule has 0 aliphatic rings. The molecule has 1 aromatic rings. The zero-order valence-corrected chi connectivity index (χ0v) is 10.3. The van der Waals surface area contributed by atoms with Crippen molar-refractivity contribution in [3.05, 3.63) is 12.4 Å². The minimum absolute atomic E-state index is 0.101. The first-order valence-corrected chi connectivity index (χ1v) is 6.05. The van der Waals surface area contributed by atoms with Crippen LogP contribution in [0.25, 0.3) is 0 Å². The Labute approximate surface area is 102 Å². The molecule has 1 amide bonds. The average Bonchev–Trinajstić information content (AvgIpc) is 2.76. The van der Waals surface area contributed by atoms with Crippen LogP contribution in [-0.4, -0.2) is 33.5 Å². The van der Waals surface area contributed by atoms with Crippen molar-refractivity contribution in [2.45, 2.75) is 45.2 Å². The molecule has 3 N–H and O–H groups in total. The van der Waals surface area contributed by atoms with Gasteiger partial charge in [0.15, 0.2) is 0 Å². The van der Waals surface area contributed by atoms with E-state index in [-0.39, 0.29) is 11.9 Å². The first-order valence-electron chi connectivity index (χ1n) is 6.05. The van der Waals surface area contributed by atoms with Crippen molar-refractivity contribution in [3.8, 4) is 0 Å². The summed E-state index contributed by atoms with van der Waals surface area (Å²) in [7, 11) is 0. The number of nitrogens with two attached hydrogens (primary N) is 1. The molecule has 0 fully saturated rings. The predicted octanol–water partition coefficient (Wildman–Crippen LogP) is 0.302. The number of aromatic nitrogens is 3. The Bertz CT molecular complexity index is 310. The quantitative estimate of drug-likeness (QED) is 0.639. The minimum atomic E-state index is 0.101. The van der Waals surface area contributed by atoms with Crippen molar-refractivity contribution >= 4 is 5.91 Å². The molecule has 6 heteroatoms. The predicted molar refractivity (Wildman–Crippen MR) is 65.1 cm³/mol. The summed E-state index contributed by atoms with van der Waals surface area (Å²) in [6.07, 6.45) is 6.63. The third-order valence-electron chi connectivity index (χ3n) is 2.42. The number of nitrogens with zero attached hydrogens (tertiary/aromatic N) is 3. The number of carbonyl (C=O) groups excluding carboxylic acids is 1. The molecule has 1 rings (SSSR count). The molecule has 1 aromatic heterocycles. The molecule has 0 spiro atoms. The van der Waals surface area contributed by atoms with E-state index in [1.54, 1.807) is 10.9 Å². The van der Waals surface area contributed by atoms with Crippen LogP contribution in [0, 0.1) is 0 Å². The molecule has 0 aliphatic carbocycles. The van der Waals surface area contributed by atoms with Crippen LogP contribution in [0.5, 0.6) is 0 Å². The molecule has 1 unspecified atom stereocenters. The molecule has 1 heterocycles. The molecule has 6 nitrogen and oxygen atoms in total. The van der Waals surface area contributed by atoms with Crippen molar-refractivity contribution in [2.24, 2.45) is 5.73 Å². The lowest BCUT2D eigenvalue weighted by Gasteiger charge is -2.06. The van der Waals surface area contributed by atoms with E-state index in [0.717, 1.165) is 25.8 Å². The van der Waals surface area contributed by atoms with Gasteiger partial charge in [0.25, 0.3) is 0 Å². The Morgan fingerprint density at radius 1 is 1.53 bits per heavy atom.